The van der Waals surface area contributed by atoms with E-state index in [9.17, 15) is 9.59 Å². The van der Waals surface area contributed by atoms with Crippen LogP contribution in [0.25, 0.3) is 11.5 Å². The predicted octanol–water partition coefficient (Wildman–Crippen LogP) is 0.861. The van der Waals surface area contributed by atoms with Crippen LogP contribution in [0.2, 0.25) is 0 Å². The third-order valence-corrected chi connectivity index (χ3v) is 3.45. The van der Waals surface area contributed by atoms with Crippen LogP contribution in [0.5, 0.6) is 0 Å². The monoisotopic (exact) mass is 309 g/mol. The second kappa shape index (κ2) is 6.53. The SMILES string of the molecule is CC(C)Cn1c(SCC(=O)O)nnc1-c1ccc(=O)[nH]n1. The highest BCUT2D eigenvalue weighted by atomic mass is 32.2. The second-order valence-corrected chi connectivity index (χ2v) is 5.74. The standard InChI is InChI=1S/C12H15N5O3S/c1-7(2)5-17-11(8-3-4-9(18)14-13-8)15-16-12(17)21-6-10(19)20/h3-4,7H,5-6H2,1-2H3,(H,14,18)(H,19,20). The van der Waals surface area contributed by atoms with Crippen molar-refractivity contribution in [1.29, 1.82) is 0 Å². The zero-order valence-corrected chi connectivity index (χ0v) is 12.4. The minimum Gasteiger partial charge on any atom is -0.481 e. The summed E-state index contributed by atoms with van der Waals surface area (Å²) in [6.07, 6.45) is 0. The minimum atomic E-state index is -0.914. The number of rotatable bonds is 6. The largest absolute Gasteiger partial charge is 0.481 e. The van der Waals surface area contributed by atoms with Crippen LogP contribution in [0.15, 0.2) is 22.1 Å². The lowest BCUT2D eigenvalue weighted by Gasteiger charge is -2.11. The topological polar surface area (TPSA) is 114 Å². The molecule has 0 aliphatic heterocycles. The number of thioether (sulfide) groups is 1. The van der Waals surface area contributed by atoms with Crippen molar-refractivity contribution < 1.29 is 9.90 Å². The fourth-order valence-electron chi connectivity index (χ4n) is 1.71. The highest BCUT2D eigenvalue weighted by Crippen LogP contribution is 2.23. The van der Waals surface area contributed by atoms with Crippen LogP contribution >= 0.6 is 11.8 Å². The Morgan fingerprint density at radius 2 is 2.19 bits per heavy atom. The van der Waals surface area contributed by atoms with Crippen molar-refractivity contribution in [2.24, 2.45) is 5.92 Å². The Kier molecular flexibility index (Phi) is 4.73. The van der Waals surface area contributed by atoms with E-state index in [0.717, 1.165) is 11.8 Å². The van der Waals surface area contributed by atoms with Gasteiger partial charge < -0.3 is 9.67 Å². The first kappa shape index (κ1) is 15.2. The van der Waals surface area contributed by atoms with Gasteiger partial charge in [-0.25, -0.2) is 5.10 Å². The van der Waals surface area contributed by atoms with E-state index in [0.29, 0.717) is 29.1 Å². The zero-order valence-electron chi connectivity index (χ0n) is 11.6. The third-order valence-electron chi connectivity index (χ3n) is 2.50. The first-order valence-electron chi connectivity index (χ1n) is 6.31. The van der Waals surface area contributed by atoms with Gasteiger partial charge in [0.05, 0.1) is 5.75 Å². The van der Waals surface area contributed by atoms with Gasteiger partial charge in [0, 0.05) is 12.6 Å². The molecule has 0 bridgehead atoms. The number of hydrogen-bond acceptors (Lipinski definition) is 6. The fourth-order valence-corrected chi connectivity index (χ4v) is 2.38. The lowest BCUT2D eigenvalue weighted by atomic mass is 10.2. The molecule has 9 heteroatoms. The van der Waals surface area contributed by atoms with Crippen LogP contribution < -0.4 is 5.56 Å². The van der Waals surface area contributed by atoms with E-state index in [4.69, 9.17) is 5.11 Å². The quantitative estimate of drug-likeness (QED) is 0.761. The molecule has 8 nitrogen and oxygen atoms in total. The van der Waals surface area contributed by atoms with E-state index in [-0.39, 0.29) is 11.3 Å². The van der Waals surface area contributed by atoms with Gasteiger partial charge in [-0.05, 0) is 12.0 Å². The third kappa shape index (κ3) is 3.91. The van der Waals surface area contributed by atoms with E-state index in [2.05, 4.69) is 20.4 Å². The van der Waals surface area contributed by atoms with Crippen LogP contribution in [0.3, 0.4) is 0 Å². The summed E-state index contributed by atoms with van der Waals surface area (Å²) in [5.74, 6) is -0.169. The molecule has 2 aromatic heterocycles. The van der Waals surface area contributed by atoms with Gasteiger partial charge in [0.25, 0.3) is 5.56 Å². The maximum atomic E-state index is 11.1. The van der Waals surface area contributed by atoms with E-state index in [1.165, 1.54) is 6.07 Å². The average molecular weight is 309 g/mol. The molecule has 2 rings (SSSR count). The molecule has 21 heavy (non-hydrogen) atoms. The van der Waals surface area contributed by atoms with Gasteiger partial charge in [0.2, 0.25) is 0 Å². The molecule has 0 fully saturated rings. The molecule has 112 valence electrons. The summed E-state index contributed by atoms with van der Waals surface area (Å²) >= 11 is 1.11. The second-order valence-electron chi connectivity index (χ2n) is 4.80. The Morgan fingerprint density at radius 3 is 2.76 bits per heavy atom. The molecule has 0 unspecified atom stereocenters. The maximum absolute atomic E-state index is 11.1. The molecule has 0 atom stereocenters. The summed E-state index contributed by atoms with van der Waals surface area (Å²) in [7, 11) is 0. The lowest BCUT2D eigenvalue weighted by Crippen LogP contribution is -2.11. The van der Waals surface area contributed by atoms with Gasteiger partial charge >= 0.3 is 5.97 Å². The molecule has 2 heterocycles. The molecule has 0 aromatic carbocycles. The number of hydrogen-bond donors (Lipinski definition) is 2. The summed E-state index contributed by atoms with van der Waals surface area (Å²) < 4.78 is 1.82. The summed E-state index contributed by atoms with van der Waals surface area (Å²) in [5, 5.41) is 23.7. The Bertz CT molecular complexity index is 674. The number of aromatic amines is 1. The fraction of sp³-hybridized carbons (Fsp3) is 0.417. The van der Waals surface area contributed by atoms with Gasteiger partial charge in [-0.3, -0.25) is 9.59 Å². The molecule has 0 amide bonds. The number of carboxylic acids is 1. The molecule has 0 saturated carbocycles. The van der Waals surface area contributed by atoms with E-state index >= 15 is 0 Å². The van der Waals surface area contributed by atoms with Crippen molar-refractivity contribution in [1.82, 2.24) is 25.0 Å². The average Bonchev–Trinajstić information content (AvgIpc) is 2.79. The van der Waals surface area contributed by atoms with Gasteiger partial charge in [0.1, 0.15) is 5.69 Å². The van der Waals surface area contributed by atoms with E-state index < -0.39 is 5.97 Å². The lowest BCUT2D eigenvalue weighted by molar-refractivity contribution is -0.133. The summed E-state index contributed by atoms with van der Waals surface area (Å²) in [6.45, 7) is 4.70. The maximum Gasteiger partial charge on any atom is 0.313 e. The Labute approximate surface area is 124 Å². The van der Waals surface area contributed by atoms with Gasteiger partial charge in [-0.15, -0.1) is 10.2 Å². The Hall–Kier alpha value is -2.16. The molecule has 0 radical (unpaired) electrons. The molecular formula is C12H15N5O3S. The van der Waals surface area contributed by atoms with Crippen LogP contribution in [0, 0.1) is 5.92 Å². The van der Waals surface area contributed by atoms with Gasteiger partial charge in [0.15, 0.2) is 11.0 Å². The van der Waals surface area contributed by atoms with Crippen molar-refractivity contribution in [3.63, 3.8) is 0 Å². The smallest absolute Gasteiger partial charge is 0.313 e. The number of H-pyrrole nitrogens is 1. The molecule has 2 aromatic rings. The molecule has 0 saturated heterocycles. The van der Waals surface area contributed by atoms with Crippen molar-refractivity contribution in [3.8, 4) is 11.5 Å². The van der Waals surface area contributed by atoms with Crippen molar-refractivity contribution >= 4 is 17.7 Å². The molecule has 0 spiro atoms. The number of carboxylic acid groups (broad SMARTS) is 1. The Morgan fingerprint density at radius 1 is 1.43 bits per heavy atom. The number of carbonyl (C=O) groups is 1. The number of nitrogens with zero attached hydrogens (tertiary/aromatic N) is 4. The first-order valence-corrected chi connectivity index (χ1v) is 7.30. The number of nitrogens with one attached hydrogen (secondary N) is 1. The summed E-state index contributed by atoms with van der Waals surface area (Å²) in [5.41, 5.74) is 0.194. The Balaban J connectivity index is 2.38. The first-order chi connectivity index (χ1) is 9.97. The van der Waals surface area contributed by atoms with Crippen LogP contribution in [0.1, 0.15) is 13.8 Å². The van der Waals surface area contributed by atoms with Gasteiger partial charge in [-0.1, -0.05) is 25.6 Å². The highest BCUT2D eigenvalue weighted by Gasteiger charge is 2.17. The van der Waals surface area contributed by atoms with Crippen molar-refractivity contribution in [2.75, 3.05) is 5.75 Å². The zero-order chi connectivity index (χ0) is 15.4. The minimum absolute atomic E-state index is 0.0880. The number of aliphatic carboxylic acids is 1. The predicted molar refractivity (Wildman–Crippen MR) is 77.1 cm³/mol. The van der Waals surface area contributed by atoms with E-state index in [1.807, 2.05) is 18.4 Å². The molecule has 0 aliphatic carbocycles. The van der Waals surface area contributed by atoms with Crippen molar-refractivity contribution in [2.45, 2.75) is 25.5 Å². The van der Waals surface area contributed by atoms with Gasteiger partial charge in [-0.2, -0.15) is 5.10 Å². The highest BCUT2D eigenvalue weighted by molar-refractivity contribution is 7.99. The normalized spacial score (nSPS) is 11.0. The number of aromatic nitrogens is 5. The molecular weight excluding hydrogens is 294 g/mol. The van der Waals surface area contributed by atoms with Crippen molar-refractivity contribution in [3.05, 3.63) is 22.5 Å². The van der Waals surface area contributed by atoms with E-state index in [1.54, 1.807) is 6.07 Å². The van der Waals surface area contributed by atoms with Crippen LogP contribution in [-0.4, -0.2) is 41.8 Å². The molecule has 2 N–H and O–H groups in total. The summed E-state index contributed by atoms with van der Waals surface area (Å²) in [4.78, 5) is 21.8. The summed E-state index contributed by atoms with van der Waals surface area (Å²) in [6, 6.07) is 2.92. The molecule has 0 aliphatic rings. The van der Waals surface area contributed by atoms with Crippen LogP contribution in [0.4, 0.5) is 0 Å². The van der Waals surface area contributed by atoms with Crippen LogP contribution in [-0.2, 0) is 11.3 Å².